The number of benzene rings is 2. The van der Waals surface area contributed by atoms with Crippen molar-refractivity contribution in [3.63, 3.8) is 0 Å². The zero-order valence-electron chi connectivity index (χ0n) is 15.8. The van der Waals surface area contributed by atoms with E-state index in [9.17, 15) is 9.18 Å². The number of hydrogen-bond acceptors (Lipinski definition) is 3. The molecule has 0 aliphatic heterocycles. The van der Waals surface area contributed by atoms with Gasteiger partial charge >= 0.3 is 0 Å². The number of methoxy groups -OCH3 is 1. The minimum Gasteiger partial charge on any atom is -0.496 e. The molecular weight excluding hydrogens is 347 g/mol. The molecule has 0 atom stereocenters. The van der Waals surface area contributed by atoms with Gasteiger partial charge in [0.15, 0.2) is 5.96 Å². The van der Waals surface area contributed by atoms with Crippen LogP contribution in [0.1, 0.15) is 18.1 Å². The van der Waals surface area contributed by atoms with Crippen LogP contribution in [0.3, 0.4) is 0 Å². The normalized spacial score (nSPS) is 11.0. The van der Waals surface area contributed by atoms with Gasteiger partial charge in [-0.15, -0.1) is 0 Å². The first-order chi connectivity index (χ1) is 13.0. The van der Waals surface area contributed by atoms with Gasteiger partial charge in [-0.25, -0.2) is 9.38 Å². The first-order valence-electron chi connectivity index (χ1n) is 8.73. The Morgan fingerprint density at radius 2 is 1.89 bits per heavy atom. The van der Waals surface area contributed by atoms with Gasteiger partial charge in [0, 0.05) is 17.8 Å². The summed E-state index contributed by atoms with van der Waals surface area (Å²) in [7, 11) is 1.63. The van der Waals surface area contributed by atoms with Crippen LogP contribution in [0.5, 0.6) is 5.75 Å². The first-order valence-corrected chi connectivity index (χ1v) is 8.73. The number of ether oxygens (including phenoxy) is 1. The molecule has 0 aliphatic carbocycles. The lowest BCUT2D eigenvalue weighted by molar-refractivity contribution is -0.115. The first kappa shape index (κ1) is 20.2. The van der Waals surface area contributed by atoms with Crippen LogP contribution >= 0.6 is 0 Å². The lowest BCUT2D eigenvalue weighted by atomic mass is 10.1. The highest BCUT2D eigenvalue weighted by atomic mass is 19.1. The molecule has 0 spiro atoms. The van der Waals surface area contributed by atoms with Crippen molar-refractivity contribution in [3.05, 3.63) is 59.4 Å². The Bertz CT molecular complexity index is 791. The van der Waals surface area contributed by atoms with Crippen LogP contribution in [0.4, 0.5) is 10.1 Å². The highest BCUT2D eigenvalue weighted by molar-refractivity contribution is 5.94. The molecule has 27 heavy (non-hydrogen) atoms. The van der Waals surface area contributed by atoms with Crippen LogP contribution in [0, 0.1) is 12.7 Å². The van der Waals surface area contributed by atoms with Gasteiger partial charge in [-0.2, -0.15) is 0 Å². The summed E-state index contributed by atoms with van der Waals surface area (Å²) < 4.78 is 18.3. The average Bonchev–Trinajstić information content (AvgIpc) is 2.66. The third kappa shape index (κ3) is 6.62. The summed E-state index contributed by atoms with van der Waals surface area (Å²) >= 11 is 0. The van der Waals surface area contributed by atoms with Crippen molar-refractivity contribution < 1.29 is 13.9 Å². The number of carbonyl (C=O) groups is 1. The van der Waals surface area contributed by atoms with Crippen LogP contribution in [-0.4, -0.2) is 32.1 Å². The molecule has 0 radical (unpaired) electrons. The van der Waals surface area contributed by atoms with Gasteiger partial charge in [0.05, 0.1) is 20.2 Å². The van der Waals surface area contributed by atoms with E-state index in [0.29, 0.717) is 24.7 Å². The lowest BCUT2D eigenvalue weighted by Crippen LogP contribution is -2.41. The molecule has 1 amide bonds. The summed E-state index contributed by atoms with van der Waals surface area (Å²) in [5.41, 5.74) is 2.60. The fraction of sp³-hybridized carbons (Fsp3) is 0.300. The number of hydrogen-bond donors (Lipinski definition) is 3. The molecule has 2 aromatic rings. The molecule has 0 heterocycles. The van der Waals surface area contributed by atoms with Crippen molar-refractivity contribution in [1.29, 1.82) is 0 Å². The molecule has 6 nitrogen and oxygen atoms in total. The standard InChI is InChI=1S/C20H25FN4O2/c1-4-22-20(23-12-15-6-5-14(2)11-18(15)27-3)24-13-19(26)25-17-9-7-16(21)8-10-17/h5-11H,4,12-13H2,1-3H3,(H,25,26)(H2,22,23,24). The predicted molar refractivity (Wildman–Crippen MR) is 106 cm³/mol. The van der Waals surface area contributed by atoms with E-state index in [-0.39, 0.29) is 18.3 Å². The molecule has 0 bridgehead atoms. The average molecular weight is 372 g/mol. The third-order valence-corrected chi connectivity index (χ3v) is 3.74. The van der Waals surface area contributed by atoms with E-state index in [0.717, 1.165) is 16.9 Å². The number of aryl methyl sites for hydroxylation is 1. The highest BCUT2D eigenvalue weighted by Crippen LogP contribution is 2.20. The van der Waals surface area contributed by atoms with E-state index in [1.54, 1.807) is 7.11 Å². The number of halogens is 1. The van der Waals surface area contributed by atoms with E-state index in [4.69, 9.17) is 4.74 Å². The number of aliphatic imine (C=N–C) groups is 1. The number of nitrogens with one attached hydrogen (secondary N) is 3. The number of amides is 1. The summed E-state index contributed by atoms with van der Waals surface area (Å²) in [5, 5.41) is 8.77. The maximum atomic E-state index is 12.9. The molecule has 0 aromatic heterocycles. The Labute approximate surface area is 158 Å². The molecule has 2 aromatic carbocycles. The van der Waals surface area contributed by atoms with E-state index in [1.807, 2.05) is 32.0 Å². The van der Waals surface area contributed by atoms with Gasteiger partial charge in [0.25, 0.3) is 0 Å². The molecule has 0 saturated carbocycles. The Kier molecular flexibility index (Phi) is 7.61. The van der Waals surface area contributed by atoms with Gasteiger partial charge < -0.3 is 20.7 Å². The Morgan fingerprint density at radius 1 is 1.15 bits per heavy atom. The Hall–Kier alpha value is -3.09. The molecule has 0 aliphatic rings. The summed E-state index contributed by atoms with van der Waals surface area (Å²) in [6, 6.07) is 11.5. The summed E-state index contributed by atoms with van der Waals surface area (Å²) in [6.45, 7) is 5.06. The third-order valence-electron chi connectivity index (χ3n) is 3.74. The number of carbonyl (C=O) groups excluding carboxylic acids is 1. The number of nitrogens with zero attached hydrogens (tertiary/aromatic N) is 1. The predicted octanol–water partition coefficient (Wildman–Crippen LogP) is 2.84. The van der Waals surface area contributed by atoms with Crippen molar-refractivity contribution in [2.24, 2.45) is 4.99 Å². The molecular formula is C20H25FN4O2. The Balaban J connectivity index is 1.95. The molecule has 0 fully saturated rings. The second-order valence-electron chi connectivity index (χ2n) is 5.92. The van der Waals surface area contributed by atoms with Crippen molar-refractivity contribution in [2.45, 2.75) is 20.4 Å². The topological polar surface area (TPSA) is 74.8 Å². The summed E-state index contributed by atoms with van der Waals surface area (Å²) in [5.74, 6) is 0.706. The van der Waals surface area contributed by atoms with Gasteiger partial charge in [-0.1, -0.05) is 12.1 Å². The van der Waals surface area contributed by atoms with Crippen LogP contribution in [0.25, 0.3) is 0 Å². The van der Waals surface area contributed by atoms with Crippen molar-refractivity contribution >= 4 is 17.6 Å². The van der Waals surface area contributed by atoms with Gasteiger partial charge in [0.2, 0.25) is 5.91 Å². The largest absolute Gasteiger partial charge is 0.496 e. The Morgan fingerprint density at radius 3 is 2.56 bits per heavy atom. The minimum absolute atomic E-state index is 0.0360. The molecule has 2 rings (SSSR count). The molecule has 7 heteroatoms. The van der Waals surface area contributed by atoms with Gasteiger partial charge in [0.1, 0.15) is 11.6 Å². The SMILES string of the molecule is CCNC(=NCc1ccc(C)cc1OC)NCC(=O)Nc1ccc(F)cc1. The van der Waals surface area contributed by atoms with Crippen LogP contribution < -0.4 is 20.7 Å². The second-order valence-corrected chi connectivity index (χ2v) is 5.92. The number of rotatable bonds is 7. The van der Waals surface area contributed by atoms with E-state index in [2.05, 4.69) is 20.9 Å². The van der Waals surface area contributed by atoms with Crippen molar-refractivity contribution in [1.82, 2.24) is 10.6 Å². The maximum Gasteiger partial charge on any atom is 0.243 e. The van der Waals surface area contributed by atoms with Gasteiger partial charge in [-0.3, -0.25) is 4.79 Å². The second kappa shape index (κ2) is 10.2. The van der Waals surface area contributed by atoms with E-state index >= 15 is 0 Å². The molecule has 0 saturated heterocycles. The zero-order chi connectivity index (χ0) is 19.6. The monoisotopic (exact) mass is 372 g/mol. The van der Waals surface area contributed by atoms with Crippen molar-refractivity contribution in [3.8, 4) is 5.75 Å². The number of guanidine groups is 1. The van der Waals surface area contributed by atoms with E-state index in [1.165, 1.54) is 24.3 Å². The van der Waals surface area contributed by atoms with Gasteiger partial charge in [-0.05, 0) is 49.7 Å². The number of anilines is 1. The highest BCUT2D eigenvalue weighted by Gasteiger charge is 2.06. The summed E-state index contributed by atoms with van der Waals surface area (Å²) in [6.07, 6.45) is 0. The van der Waals surface area contributed by atoms with Crippen LogP contribution in [-0.2, 0) is 11.3 Å². The fourth-order valence-electron chi connectivity index (χ4n) is 2.39. The summed E-state index contributed by atoms with van der Waals surface area (Å²) in [4.78, 5) is 16.5. The fourth-order valence-corrected chi connectivity index (χ4v) is 2.39. The van der Waals surface area contributed by atoms with Crippen molar-refractivity contribution in [2.75, 3.05) is 25.5 Å². The zero-order valence-corrected chi connectivity index (χ0v) is 15.8. The van der Waals surface area contributed by atoms with Crippen LogP contribution in [0.15, 0.2) is 47.5 Å². The minimum atomic E-state index is -0.348. The molecule has 3 N–H and O–H groups in total. The molecule has 0 unspecified atom stereocenters. The van der Waals surface area contributed by atoms with E-state index < -0.39 is 0 Å². The smallest absolute Gasteiger partial charge is 0.243 e. The maximum absolute atomic E-state index is 12.9. The molecule has 144 valence electrons. The lowest BCUT2D eigenvalue weighted by Gasteiger charge is -2.12. The van der Waals surface area contributed by atoms with Crippen LogP contribution in [0.2, 0.25) is 0 Å². The quantitative estimate of drug-likeness (QED) is 0.516.